The number of nitrogens with zero attached hydrogens (tertiary/aromatic N) is 4. The Balaban J connectivity index is 1.29. The van der Waals surface area contributed by atoms with Gasteiger partial charge in [-0.2, -0.15) is 9.55 Å². The van der Waals surface area contributed by atoms with E-state index in [1.165, 1.54) is 12.4 Å². The molecular weight excluding hydrogens is 495 g/mol. The van der Waals surface area contributed by atoms with Crippen molar-refractivity contribution in [3.8, 4) is 11.1 Å². The second kappa shape index (κ2) is 10.5. The van der Waals surface area contributed by atoms with Crippen LogP contribution in [0.2, 0.25) is 0 Å². The van der Waals surface area contributed by atoms with Gasteiger partial charge in [0, 0.05) is 12.4 Å². The zero-order chi connectivity index (χ0) is 25.8. The summed E-state index contributed by atoms with van der Waals surface area (Å²) in [6.07, 6.45) is 4.64. The van der Waals surface area contributed by atoms with Crippen molar-refractivity contribution in [1.29, 1.82) is 0 Å². The standard InChI is InChI=1S/C25H25N6O5P/c26-25-27-23-22(24(32)28-25)29(16-19-8-10-21(11-9-19)20-6-2-1-3-7-20)17-30(23)18-35-14-15-36-37(33,34)31-12-4-5-13-31/h1-13,17H,14-16,18H2,(H3-,26,27,28,32,33,34)/p+1. The zero-order valence-corrected chi connectivity index (χ0v) is 20.7. The van der Waals surface area contributed by atoms with Crippen molar-refractivity contribution in [3.63, 3.8) is 0 Å². The van der Waals surface area contributed by atoms with E-state index < -0.39 is 7.75 Å². The van der Waals surface area contributed by atoms with Gasteiger partial charge in [-0.1, -0.05) is 54.6 Å². The molecule has 3 heterocycles. The Labute approximate surface area is 211 Å². The number of hydrogen-bond donors (Lipinski definition) is 3. The minimum absolute atomic E-state index is 0.00695. The van der Waals surface area contributed by atoms with Crippen LogP contribution in [0.1, 0.15) is 5.56 Å². The van der Waals surface area contributed by atoms with Gasteiger partial charge >= 0.3 is 13.3 Å². The summed E-state index contributed by atoms with van der Waals surface area (Å²) in [4.78, 5) is 29.6. The molecule has 0 spiro atoms. The van der Waals surface area contributed by atoms with E-state index in [0.717, 1.165) is 21.0 Å². The second-order valence-corrected chi connectivity index (χ2v) is 10.0. The van der Waals surface area contributed by atoms with Crippen LogP contribution in [-0.4, -0.2) is 37.0 Å². The third-order valence-corrected chi connectivity index (χ3v) is 7.11. The first-order valence-corrected chi connectivity index (χ1v) is 13.0. The van der Waals surface area contributed by atoms with Crippen molar-refractivity contribution in [3.05, 3.63) is 101 Å². The van der Waals surface area contributed by atoms with Gasteiger partial charge in [0.15, 0.2) is 6.73 Å². The molecule has 3 aromatic heterocycles. The van der Waals surface area contributed by atoms with Gasteiger partial charge in [0.25, 0.3) is 11.2 Å². The van der Waals surface area contributed by atoms with Crippen molar-refractivity contribution >= 4 is 24.9 Å². The van der Waals surface area contributed by atoms with Crippen molar-refractivity contribution in [1.82, 2.24) is 18.9 Å². The highest BCUT2D eigenvalue weighted by molar-refractivity contribution is 7.51. The van der Waals surface area contributed by atoms with Crippen LogP contribution in [-0.2, 0) is 27.1 Å². The van der Waals surface area contributed by atoms with Crippen molar-refractivity contribution in [2.45, 2.75) is 13.3 Å². The number of ether oxygens (including phenoxy) is 1. The van der Waals surface area contributed by atoms with Crippen LogP contribution in [0.4, 0.5) is 5.95 Å². The minimum atomic E-state index is -3.97. The second-order valence-electron chi connectivity index (χ2n) is 8.32. The first-order valence-electron chi connectivity index (χ1n) is 11.5. The summed E-state index contributed by atoms with van der Waals surface area (Å²) in [5.41, 5.74) is 9.37. The van der Waals surface area contributed by atoms with Crippen LogP contribution in [0, 0.1) is 0 Å². The quantitative estimate of drug-likeness (QED) is 0.146. The van der Waals surface area contributed by atoms with Gasteiger partial charge in [-0.3, -0.25) is 18.6 Å². The Morgan fingerprint density at radius 1 is 1.00 bits per heavy atom. The summed E-state index contributed by atoms with van der Waals surface area (Å²) in [7, 11) is -3.97. The van der Waals surface area contributed by atoms with E-state index in [-0.39, 0.29) is 31.5 Å². The molecule has 190 valence electrons. The molecule has 0 aliphatic rings. The molecule has 0 aliphatic carbocycles. The van der Waals surface area contributed by atoms with Crippen LogP contribution in [0.25, 0.3) is 22.3 Å². The minimum Gasteiger partial charge on any atom is -0.369 e. The summed E-state index contributed by atoms with van der Waals surface area (Å²) in [5, 5.41) is 0. The van der Waals surface area contributed by atoms with Crippen LogP contribution in [0.5, 0.6) is 0 Å². The number of aromatic nitrogens is 5. The van der Waals surface area contributed by atoms with Crippen molar-refractivity contribution in [2.24, 2.45) is 0 Å². The maximum absolute atomic E-state index is 12.7. The molecule has 0 saturated carbocycles. The van der Waals surface area contributed by atoms with E-state index in [0.29, 0.717) is 17.7 Å². The average Bonchev–Trinajstić information content (AvgIpc) is 3.55. The molecule has 37 heavy (non-hydrogen) atoms. The molecule has 0 radical (unpaired) electrons. The SMILES string of the molecule is Nc1nc2c(c(=O)[nH]1)[n+](Cc1ccc(-c3ccccc3)cc1)cn2COCCOP(=O)(O)n1cccc1. The average molecular weight is 521 g/mol. The summed E-state index contributed by atoms with van der Waals surface area (Å²) < 4.78 is 27.5. The van der Waals surface area contributed by atoms with Gasteiger partial charge in [-0.05, 0) is 28.8 Å². The molecule has 0 fully saturated rings. The van der Waals surface area contributed by atoms with Crippen LogP contribution in [0.15, 0.2) is 90.2 Å². The Hall–Kier alpha value is -4.02. The van der Waals surface area contributed by atoms with Gasteiger partial charge in [-0.25, -0.2) is 9.13 Å². The Morgan fingerprint density at radius 3 is 2.43 bits per heavy atom. The van der Waals surface area contributed by atoms with Gasteiger partial charge in [0.2, 0.25) is 12.3 Å². The summed E-state index contributed by atoms with van der Waals surface area (Å²) in [6.45, 7) is 0.413. The van der Waals surface area contributed by atoms with Gasteiger partial charge in [0.1, 0.15) is 6.54 Å². The summed E-state index contributed by atoms with van der Waals surface area (Å²) >= 11 is 0. The lowest BCUT2D eigenvalue weighted by atomic mass is 10.0. The van der Waals surface area contributed by atoms with Crippen LogP contribution in [0.3, 0.4) is 0 Å². The molecule has 12 heteroatoms. The molecule has 5 rings (SSSR count). The molecule has 0 saturated heterocycles. The predicted molar refractivity (Wildman–Crippen MR) is 138 cm³/mol. The number of nitrogen functional groups attached to an aromatic ring is 1. The lowest BCUT2D eigenvalue weighted by Gasteiger charge is -2.12. The van der Waals surface area contributed by atoms with Crippen molar-refractivity contribution < 1.29 is 23.3 Å². The lowest BCUT2D eigenvalue weighted by molar-refractivity contribution is -0.664. The van der Waals surface area contributed by atoms with Gasteiger partial charge < -0.3 is 15.4 Å². The Morgan fingerprint density at radius 2 is 1.70 bits per heavy atom. The monoisotopic (exact) mass is 521 g/mol. The zero-order valence-electron chi connectivity index (χ0n) is 19.8. The van der Waals surface area contributed by atoms with E-state index in [1.807, 2.05) is 42.5 Å². The maximum atomic E-state index is 12.7. The number of H-pyrrole nitrogens is 1. The molecule has 1 unspecified atom stereocenters. The molecule has 1 atom stereocenters. The largest absolute Gasteiger partial charge is 0.436 e. The van der Waals surface area contributed by atoms with Gasteiger partial charge in [-0.15, -0.1) is 0 Å². The fourth-order valence-electron chi connectivity index (χ4n) is 3.99. The molecule has 5 aromatic rings. The maximum Gasteiger partial charge on any atom is 0.436 e. The lowest BCUT2D eigenvalue weighted by Crippen LogP contribution is -2.37. The van der Waals surface area contributed by atoms with E-state index in [1.54, 1.807) is 27.6 Å². The highest BCUT2D eigenvalue weighted by Crippen LogP contribution is 2.43. The van der Waals surface area contributed by atoms with Crippen LogP contribution >= 0.6 is 7.75 Å². The molecular formula is C25H26N6O5P+. The fourth-order valence-corrected chi connectivity index (χ4v) is 4.93. The Bertz CT molecular complexity index is 1600. The van der Waals surface area contributed by atoms with Gasteiger partial charge in [0.05, 0.1) is 13.2 Å². The number of anilines is 1. The first-order chi connectivity index (χ1) is 17.9. The van der Waals surface area contributed by atoms with Crippen LogP contribution < -0.4 is 15.9 Å². The molecule has 4 N–H and O–H groups in total. The topological polar surface area (TPSA) is 141 Å². The number of rotatable bonds is 10. The van der Waals surface area contributed by atoms with E-state index >= 15 is 0 Å². The van der Waals surface area contributed by atoms with E-state index in [2.05, 4.69) is 22.1 Å². The molecule has 0 bridgehead atoms. The molecule has 0 amide bonds. The third kappa shape index (κ3) is 5.55. The summed E-state index contributed by atoms with van der Waals surface area (Å²) in [5.74, 6) is -0.00695. The number of nitrogens with two attached hydrogens (primary N) is 1. The van der Waals surface area contributed by atoms with Crippen molar-refractivity contribution in [2.75, 3.05) is 18.9 Å². The van der Waals surface area contributed by atoms with E-state index in [9.17, 15) is 14.3 Å². The number of nitrogens with one attached hydrogen (secondary N) is 1. The smallest absolute Gasteiger partial charge is 0.369 e. The third-order valence-electron chi connectivity index (χ3n) is 5.74. The fraction of sp³-hybridized carbons (Fsp3) is 0.160. The number of imidazole rings is 1. The van der Waals surface area contributed by atoms with E-state index in [4.69, 9.17) is 15.0 Å². The highest BCUT2D eigenvalue weighted by Gasteiger charge is 2.23. The molecule has 11 nitrogen and oxygen atoms in total. The predicted octanol–water partition coefficient (Wildman–Crippen LogP) is 2.75. The number of fused-ring (bicyclic) bond motifs is 1. The summed E-state index contributed by atoms with van der Waals surface area (Å²) in [6, 6.07) is 21.5. The number of aromatic amines is 1. The Kier molecular flexibility index (Phi) is 7.02. The molecule has 2 aromatic carbocycles. The molecule has 0 aliphatic heterocycles. The first kappa shape index (κ1) is 24.7. The number of hydrogen-bond acceptors (Lipinski definition) is 6. The number of benzene rings is 2. The normalized spacial score (nSPS) is 13.1. The highest BCUT2D eigenvalue weighted by atomic mass is 31.2.